The van der Waals surface area contributed by atoms with Gasteiger partial charge in [0.25, 0.3) is 0 Å². The van der Waals surface area contributed by atoms with Gasteiger partial charge in [-0.25, -0.2) is 15.0 Å². The summed E-state index contributed by atoms with van der Waals surface area (Å²) in [5.74, 6) is 1.76. The third-order valence-corrected chi connectivity index (χ3v) is 8.39. The lowest BCUT2D eigenvalue weighted by Gasteiger charge is -2.16. The van der Waals surface area contributed by atoms with Crippen molar-refractivity contribution < 1.29 is 0 Å². The molecular weight excluding hydrogens is 562 g/mol. The van der Waals surface area contributed by atoms with Crippen LogP contribution >= 0.6 is 0 Å². The molecule has 0 atom stereocenters. The summed E-state index contributed by atoms with van der Waals surface area (Å²) in [6.07, 6.45) is 3.58. The second-order valence-electron chi connectivity index (χ2n) is 11.3. The van der Waals surface area contributed by atoms with E-state index in [1.165, 1.54) is 0 Å². The summed E-state index contributed by atoms with van der Waals surface area (Å²) in [5, 5.41) is 18.6. The Labute approximate surface area is 266 Å². The van der Waals surface area contributed by atoms with E-state index < -0.39 is 0 Å². The highest BCUT2D eigenvalue weighted by Crippen LogP contribution is 2.32. The van der Waals surface area contributed by atoms with E-state index in [0.717, 1.165) is 60.8 Å². The van der Waals surface area contributed by atoms with E-state index in [4.69, 9.17) is 25.8 Å². The van der Waals surface area contributed by atoms with Crippen molar-refractivity contribution in [2.24, 2.45) is 0 Å². The second-order valence-corrected chi connectivity index (χ2v) is 11.3. The van der Waals surface area contributed by atoms with Crippen molar-refractivity contribution >= 4 is 28.3 Å². The average Bonchev–Trinajstić information content (AvgIpc) is 3.13. The molecule has 0 saturated heterocycles. The number of nitrogens with zero attached hydrogens (tertiary/aromatic N) is 3. The fourth-order valence-electron chi connectivity index (χ4n) is 5.94. The van der Waals surface area contributed by atoms with Crippen LogP contribution in [0, 0.1) is 10.8 Å². The fraction of sp³-hybridized carbons (Fsp3) is 0. The Morgan fingerprint density at radius 2 is 0.848 bits per heavy atom. The van der Waals surface area contributed by atoms with Crippen molar-refractivity contribution in [2.45, 2.75) is 0 Å². The number of nitrogens with one attached hydrogen (secondary N) is 2. The quantitative estimate of drug-likeness (QED) is 0.210. The Morgan fingerprint density at radius 1 is 0.391 bits per heavy atom. The molecule has 1 aliphatic carbocycles. The first-order valence-corrected chi connectivity index (χ1v) is 15.1. The van der Waals surface area contributed by atoms with Gasteiger partial charge < -0.3 is 0 Å². The van der Waals surface area contributed by atoms with Crippen LogP contribution in [0.1, 0.15) is 11.1 Å². The van der Waals surface area contributed by atoms with Gasteiger partial charge in [-0.05, 0) is 50.7 Å². The molecule has 0 saturated carbocycles. The maximum absolute atomic E-state index is 8.55. The summed E-state index contributed by atoms with van der Waals surface area (Å²) in [4.78, 5) is 14.9. The summed E-state index contributed by atoms with van der Waals surface area (Å²) in [7, 11) is 0. The lowest BCUT2D eigenvalue weighted by atomic mass is 9.89. The van der Waals surface area contributed by atoms with E-state index in [-0.39, 0.29) is 11.4 Å². The molecule has 0 amide bonds. The molecule has 1 heterocycles. The van der Waals surface area contributed by atoms with Crippen molar-refractivity contribution in [1.82, 2.24) is 15.0 Å². The number of hydrogen-bond acceptors (Lipinski definition) is 5. The molecule has 0 bridgehead atoms. The van der Waals surface area contributed by atoms with Crippen molar-refractivity contribution in [1.29, 1.82) is 10.8 Å². The molecule has 0 radical (unpaired) electrons. The van der Waals surface area contributed by atoms with E-state index >= 15 is 0 Å². The van der Waals surface area contributed by atoms with Crippen LogP contribution in [0.4, 0.5) is 0 Å². The number of allylic oxidation sites excluding steroid dienone is 1. The molecule has 6 aromatic carbocycles. The molecule has 5 nitrogen and oxygen atoms in total. The zero-order chi connectivity index (χ0) is 31.0. The maximum atomic E-state index is 8.55. The molecule has 2 N–H and O–H groups in total. The maximum Gasteiger partial charge on any atom is 0.164 e. The van der Waals surface area contributed by atoms with Crippen molar-refractivity contribution in [3.8, 4) is 56.4 Å². The van der Waals surface area contributed by atoms with Crippen molar-refractivity contribution in [2.75, 3.05) is 0 Å². The zero-order valence-electron chi connectivity index (χ0n) is 24.8. The van der Waals surface area contributed by atoms with Crippen LogP contribution in [0.5, 0.6) is 0 Å². The minimum Gasteiger partial charge on any atom is -0.299 e. The topological polar surface area (TPSA) is 86.4 Å². The Morgan fingerprint density at radius 3 is 1.39 bits per heavy atom. The minimum absolute atomic E-state index is 0.215. The van der Waals surface area contributed by atoms with Crippen LogP contribution in [0.2, 0.25) is 0 Å². The normalized spacial score (nSPS) is 12.3. The molecule has 7 aromatic rings. The van der Waals surface area contributed by atoms with Gasteiger partial charge in [-0.2, -0.15) is 0 Å². The van der Waals surface area contributed by atoms with Gasteiger partial charge in [0.2, 0.25) is 0 Å². The van der Waals surface area contributed by atoms with E-state index in [1.54, 1.807) is 6.08 Å². The lowest BCUT2D eigenvalue weighted by molar-refractivity contribution is 1.07. The van der Waals surface area contributed by atoms with Crippen LogP contribution in [-0.4, -0.2) is 26.4 Å². The van der Waals surface area contributed by atoms with Gasteiger partial charge in [0.05, 0.1) is 11.4 Å². The average molecular weight is 590 g/mol. The lowest BCUT2D eigenvalue weighted by Crippen LogP contribution is -2.16. The predicted octanol–water partition coefficient (Wildman–Crippen LogP) is 9.77. The number of aromatic nitrogens is 3. The highest BCUT2D eigenvalue weighted by molar-refractivity contribution is 6.53. The van der Waals surface area contributed by atoms with Gasteiger partial charge in [0.1, 0.15) is 0 Å². The zero-order valence-corrected chi connectivity index (χ0v) is 24.8. The van der Waals surface area contributed by atoms with Gasteiger partial charge in [-0.3, -0.25) is 10.8 Å². The molecule has 5 heteroatoms. The SMILES string of the molecule is N=C1C=Cc2ccc3cc(-c4nc(-c5ccc(-c6ccccc6)cc5)nc(-c5ccc(-c6ccccc6)cc5)n4)ccc3c2C1=N. The number of rotatable bonds is 5. The standard InChI is InChI=1S/C41H27N5/c42-36-24-22-30-15-20-33-25-34(21-23-35(33)37(30)38(36)43)41-45-39(31-16-11-28(12-17-31)26-7-3-1-4-8-26)44-40(46-41)32-18-13-29(14-19-32)27-9-5-2-6-10-27/h1-25,42-43H. The summed E-state index contributed by atoms with van der Waals surface area (Å²) in [6, 6.07) is 47.4. The van der Waals surface area contributed by atoms with E-state index in [9.17, 15) is 0 Å². The summed E-state index contributed by atoms with van der Waals surface area (Å²) in [5.41, 5.74) is 9.40. The first-order valence-electron chi connectivity index (χ1n) is 15.1. The Kier molecular flexibility index (Phi) is 6.69. The molecule has 0 aliphatic heterocycles. The van der Waals surface area contributed by atoms with Gasteiger partial charge in [0.15, 0.2) is 17.5 Å². The molecule has 8 rings (SSSR count). The summed E-state index contributed by atoms with van der Waals surface area (Å²) < 4.78 is 0. The van der Waals surface area contributed by atoms with Crippen LogP contribution in [0.25, 0.3) is 73.3 Å². The minimum atomic E-state index is 0.215. The Balaban J connectivity index is 1.24. The first-order chi connectivity index (χ1) is 22.6. The fourth-order valence-corrected chi connectivity index (χ4v) is 5.94. The molecule has 0 fully saturated rings. The third kappa shape index (κ3) is 5.00. The predicted molar refractivity (Wildman–Crippen MR) is 188 cm³/mol. The molecular formula is C41H27N5. The molecule has 0 unspecified atom stereocenters. The summed E-state index contributed by atoms with van der Waals surface area (Å²) >= 11 is 0. The number of benzene rings is 6. The molecule has 1 aromatic heterocycles. The van der Waals surface area contributed by atoms with E-state index in [2.05, 4.69) is 84.9 Å². The van der Waals surface area contributed by atoms with E-state index in [0.29, 0.717) is 17.5 Å². The van der Waals surface area contributed by atoms with Crippen LogP contribution in [0.3, 0.4) is 0 Å². The van der Waals surface area contributed by atoms with Crippen molar-refractivity contribution in [3.05, 3.63) is 157 Å². The number of hydrogen-bond donors (Lipinski definition) is 2. The van der Waals surface area contributed by atoms with Gasteiger partial charge >= 0.3 is 0 Å². The Bertz CT molecular complexity index is 2200. The molecule has 0 spiro atoms. The van der Waals surface area contributed by atoms with Crippen LogP contribution < -0.4 is 0 Å². The first kappa shape index (κ1) is 27.2. The van der Waals surface area contributed by atoms with E-state index in [1.807, 2.05) is 60.7 Å². The smallest absolute Gasteiger partial charge is 0.164 e. The molecule has 216 valence electrons. The summed E-state index contributed by atoms with van der Waals surface area (Å²) in [6.45, 7) is 0. The van der Waals surface area contributed by atoms with Gasteiger partial charge in [-0.15, -0.1) is 0 Å². The number of fused-ring (bicyclic) bond motifs is 3. The van der Waals surface area contributed by atoms with Crippen LogP contribution in [-0.2, 0) is 0 Å². The Hall–Kier alpha value is -6.33. The monoisotopic (exact) mass is 589 g/mol. The van der Waals surface area contributed by atoms with Crippen LogP contribution in [0.15, 0.2) is 146 Å². The highest BCUT2D eigenvalue weighted by atomic mass is 15.0. The second kappa shape index (κ2) is 11.3. The van der Waals surface area contributed by atoms with Gasteiger partial charge in [0, 0.05) is 22.3 Å². The highest BCUT2D eigenvalue weighted by Gasteiger charge is 2.19. The van der Waals surface area contributed by atoms with Crippen molar-refractivity contribution in [3.63, 3.8) is 0 Å². The third-order valence-electron chi connectivity index (χ3n) is 8.39. The largest absolute Gasteiger partial charge is 0.299 e. The molecule has 46 heavy (non-hydrogen) atoms. The molecule has 1 aliphatic rings. The van der Waals surface area contributed by atoms with Gasteiger partial charge in [-0.1, -0.05) is 140 Å².